The molecular weight excluding hydrogens is 199 g/mol. The van der Waals surface area contributed by atoms with E-state index in [0.29, 0.717) is 11.3 Å². The number of benzene rings is 1. The molecule has 0 spiro atoms. The molecule has 1 rings (SSSR count). The van der Waals surface area contributed by atoms with E-state index in [9.17, 15) is 9.18 Å². The summed E-state index contributed by atoms with van der Waals surface area (Å²) < 4.78 is 13.2. The number of hydrogen-bond donors (Lipinski definition) is 0. The molecule has 0 aliphatic carbocycles. The van der Waals surface area contributed by atoms with Crippen LogP contribution < -0.4 is 0 Å². The average Bonchev–Trinajstić information content (AvgIpc) is 2.14. The highest BCUT2D eigenvalue weighted by Gasteiger charge is 2.15. The minimum absolute atomic E-state index is 0.398. The summed E-state index contributed by atoms with van der Waals surface area (Å²) in [5, 5.41) is 0. The van der Waals surface area contributed by atoms with E-state index in [1.165, 1.54) is 11.8 Å². The van der Waals surface area contributed by atoms with Gasteiger partial charge in [0.1, 0.15) is 12.0 Å². The molecule has 0 aromatic heterocycles. The van der Waals surface area contributed by atoms with Gasteiger partial charge >= 0.3 is 0 Å². The second-order valence-corrected chi connectivity index (χ2v) is 4.75. The van der Waals surface area contributed by atoms with Crippen LogP contribution in [-0.2, 0) is 0 Å². The summed E-state index contributed by atoms with van der Waals surface area (Å²) in [5.41, 5.74) is -0.548. The number of carbonyl (C=O) groups is 1. The molecule has 14 heavy (non-hydrogen) atoms. The summed E-state index contributed by atoms with van der Waals surface area (Å²) >= 11 is 1.42. The number of halogens is 1. The Balaban J connectivity index is 2.63. The summed E-state index contributed by atoms with van der Waals surface area (Å²) in [6.07, 6.45) is 0.796. The van der Waals surface area contributed by atoms with Crippen LogP contribution >= 0.6 is 11.8 Å². The van der Waals surface area contributed by atoms with Crippen LogP contribution in [0.5, 0.6) is 0 Å². The van der Waals surface area contributed by atoms with Crippen LogP contribution in [0.2, 0.25) is 0 Å². The van der Waals surface area contributed by atoms with Crippen molar-refractivity contribution in [2.45, 2.75) is 24.4 Å². The first-order valence-electron chi connectivity index (χ1n) is 4.38. The zero-order chi connectivity index (χ0) is 10.6. The minimum Gasteiger partial charge on any atom is -0.298 e. The summed E-state index contributed by atoms with van der Waals surface area (Å²) in [5.74, 6) is 0.398. The second kappa shape index (κ2) is 4.60. The van der Waals surface area contributed by atoms with Crippen molar-refractivity contribution in [1.29, 1.82) is 0 Å². The van der Waals surface area contributed by atoms with Gasteiger partial charge in [0.2, 0.25) is 0 Å². The molecule has 0 atom stereocenters. The quantitative estimate of drug-likeness (QED) is 0.562. The van der Waals surface area contributed by atoms with Crippen molar-refractivity contribution in [3.8, 4) is 0 Å². The lowest BCUT2D eigenvalue weighted by molar-refractivity contribution is 0.112. The Morgan fingerprint density at radius 3 is 2.79 bits per heavy atom. The molecule has 1 aromatic carbocycles. The van der Waals surface area contributed by atoms with Crippen molar-refractivity contribution < 1.29 is 9.18 Å². The van der Waals surface area contributed by atoms with Crippen molar-refractivity contribution in [1.82, 2.24) is 0 Å². The van der Waals surface area contributed by atoms with Crippen LogP contribution in [0.25, 0.3) is 0 Å². The first kappa shape index (κ1) is 11.2. The summed E-state index contributed by atoms with van der Waals surface area (Å²) in [6, 6.07) is 7.18. The van der Waals surface area contributed by atoms with Gasteiger partial charge in [0.05, 0.1) is 0 Å². The van der Waals surface area contributed by atoms with Crippen molar-refractivity contribution in [2.24, 2.45) is 0 Å². The van der Waals surface area contributed by atoms with E-state index in [1.54, 1.807) is 32.0 Å². The third-order valence-corrected chi connectivity index (χ3v) is 2.99. The maximum atomic E-state index is 13.2. The van der Waals surface area contributed by atoms with Crippen molar-refractivity contribution in [3.05, 3.63) is 29.8 Å². The SMILES string of the molecule is CC(C)(F)CSc1cccc(C=O)c1. The van der Waals surface area contributed by atoms with Crippen LogP contribution in [0.1, 0.15) is 24.2 Å². The van der Waals surface area contributed by atoms with Gasteiger partial charge in [0.25, 0.3) is 0 Å². The van der Waals surface area contributed by atoms with E-state index in [2.05, 4.69) is 0 Å². The molecule has 0 heterocycles. The Hall–Kier alpha value is -0.830. The van der Waals surface area contributed by atoms with Gasteiger partial charge < -0.3 is 0 Å². The molecule has 0 saturated carbocycles. The van der Waals surface area contributed by atoms with Gasteiger partial charge in [-0.15, -0.1) is 11.8 Å². The van der Waals surface area contributed by atoms with Crippen molar-refractivity contribution in [2.75, 3.05) is 5.75 Å². The van der Waals surface area contributed by atoms with E-state index in [1.807, 2.05) is 6.07 Å². The average molecular weight is 212 g/mol. The summed E-state index contributed by atoms with van der Waals surface area (Å²) in [7, 11) is 0. The molecule has 0 N–H and O–H groups in total. The highest BCUT2D eigenvalue weighted by molar-refractivity contribution is 7.99. The molecule has 0 aliphatic rings. The van der Waals surface area contributed by atoms with Crippen LogP contribution in [0.15, 0.2) is 29.2 Å². The molecule has 0 amide bonds. The number of carbonyl (C=O) groups excluding carboxylic acids is 1. The molecule has 0 saturated heterocycles. The number of rotatable bonds is 4. The molecule has 76 valence electrons. The van der Waals surface area contributed by atoms with Crippen LogP contribution in [0, 0.1) is 0 Å². The number of thioether (sulfide) groups is 1. The van der Waals surface area contributed by atoms with Gasteiger partial charge in [-0.25, -0.2) is 4.39 Å². The Bertz CT molecular complexity index is 317. The molecule has 3 heteroatoms. The molecule has 0 bridgehead atoms. The van der Waals surface area contributed by atoms with Gasteiger partial charge in [-0.2, -0.15) is 0 Å². The molecule has 0 radical (unpaired) electrons. The lowest BCUT2D eigenvalue weighted by Crippen LogP contribution is -2.14. The van der Waals surface area contributed by atoms with E-state index < -0.39 is 5.67 Å². The van der Waals surface area contributed by atoms with Gasteiger partial charge in [-0.05, 0) is 26.0 Å². The number of alkyl halides is 1. The maximum Gasteiger partial charge on any atom is 0.150 e. The predicted octanol–water partition coefficient (Wildman–Crippen LogP) is 3.34. The molecule has 0 fully saturated rings. The first-order valence-corrected chi connectivity index (χ1v) is 5.37. The standard InChI is InChI=1S/C11H13FOS/c1-11(2,12)8-14-10-5-3-4-9(6-10)7-13/h3-7H,8H2,1-2H3. The minimum atomic E-state index is -1.18. The molecule has 0 aliphatic heterocycles. The van der Waals surface area contributed by atoms with Crippen LogP contribution in [-0.4, -0.2) is 17.7 Å². The Labute approximate surface area is 87.7 Å². The third-order valence-electron chi connectivity index (χ3n) is 1.58. The lowest BCUT2D eigenvalue weighted by Gasteiger charge is -2.12. The lowest BCUT2D eigenvalue weighted by atomic mass is 10.2. The zero-order valence-electron chi connectivity index (χ0n) is 8.29. The van der Waals surface area contributed by atoms with Gasteiger partial charge in [0, 0.05) is 16.2 Å². The molecule has 0 unspecified atom stereocenters. The van der Waals surface area contributed by atoms with Gasteiger partial charge in [-0.3, -0.25) is 4.79 Å². The summed E-state index contributed by atoms with van der Waals surface area (Å²) in [6.45, 7) is 3.09. The third kappa shape index (κ3) is 3.92. The zero-order valence-corrected chi connectivity index (χ0v) is 9.10. The van der Waals surface area contributed by atoms with Gasteiger partial charge in [-0.1, -0.05) is 12.1 Å². The highest BCUT2D eigenvalue weighted by atomic mass is 32.2. The Morgan fingerprint density at radius 2 is 2.21 bits per heavy atom. The predicted molar refractivity (Wildman–Crippen MR) is 57.7 cm³/mol. The topological polar surface area (TPSA) is 17.1 Å². The van der Waals surface area contributed by atoms with E-state index in [0.717, 1.165) is 11.2 Å². The van der Waals surface area contributed by atoms with E-state index in [-0.39, 0.29) is 0 Å². The fourth-order valence-electron chi connectivity index (χ4n) is 0.933. The fourth-order valence-corrected chi connectivity index (χ4v) is 1.84. The number of hydrogen-bond acceptors (Lipinski definition) is 2. The smallest absolute Gasteiger partial charge is 0.150 e. The van der Waals surface area contributed by atoms with Crippen molar-refractivity contribution >= 4 is 18.0 Å². The van der Waals surface area contributed by atoms with Crippen LogP contribution in [0.3, 0.4) is 0 Å². The second-order valence-electron chi connectivity index (χ2n) is 3.70. The monoisotopic (exact) mass is 212 g/mol. The highest BCUT2D eigenvalue weighted by Crippen LogP contribution is 2.24. The Kier molecular flexibility index (Phi) is 3.69. The first-order chi connectivity index (χ1) is 6.51. The van der Waals surface area contributed by atoms with Crippen molar-refractivity contribution in [3.63, 3.8) is 0 Å². The maximum absolute atomic E-state index is 13.2. The van der Waals surface area contributed by atoms with E-state index >= 15 is 0 Å². The van der Waals surface area contributed by atoms with Crippen LogP contribution in [0.4, 0.5) is 4.39 Å². The Morgan fingerprint density at radius 1 is 1.50 bits per heavy atom. The fraction of sp³-hybridized carbons (Fsp3) is 0.364. The molecular formula is C11H13FOS. The molecule has 1 aromatic rings. The van der Waals surface area contributed by atoms with Gasteiger partial charge in [0.15, 0.2) is 0 Å². The largest absolute Gasteiger partial charge is 0.298 e. The number of aldehydes is 1. The summed E-state index contributed by atoms with van der Waals surface area (Å²) in [4.78, 5) is 11.4. The normalized spacial score (nSPS) is 11.4. The van der Waals surface area contributed by atoms with E-state index in [4.69, 9.17) is 0 Å². The molecule has 1 nitrogen and oxygen atoms in total.